The van der Waals surface area contributed by atoms with Crippen molar-refractivity contribution < 1.29 is 9.47 Å². The molecule has 1 saturated carbocycles. The minimum atomic E-state index is 0.582. The Balaban J connectivity index is 1.39. The second-order valence-corrected chi connectivity index (χ2v) is 9.90. The van der Waals surface area contributed by atoms with E-state index < -0.39 is 0 Å². The van der Waals surface area contributed by atoms with Gasteiger partial charge in [-0.15, -0.1) is 0 Å². The van der Waals surface area contributed by atoms with Gasteiger partial charge in [-0.3, -0.25) is 0 Å². The van der Waals surface area contributed by atoms with E-state index >= 15 is 0 Å². The number of hydrogen-bond donors (Lipinski definition) is 0. The number of aromatic nitrogens is 2. The van der Waals surface area contributed by atoms with E-state index in [9.17, 15) is 0 Å². The van der Waals surface area contributed by atoms with Gasteiger partial charge in [-0.25, -0.2) is 4.98 Å². The first-order valence-electron chi connectivity index (χ1n) is 14.0. The average molecular weight is 467 g/mol. The van der Waals surface area contributed by atoms with E-state index in [-0.39, 0.29) is 0 Å². The van der Waals surface area contributed by atoms with Gasteiger partial charge in [-0.1, -0.05) is 127 Å². The van der Waals surface area contributed by atoms with Gasteiger partial charge in [0.05, 0.1) is 19.4 Å². The quantitative estimate of drug-likeness (QED) is 0.206. The Kier molecular flexibility index (Phi) is 12.9. The molecule has 0 bridgehead atoms. The molecule has 1 fully saturated rings. The monoisotopic (exact) mass is 466 g/mol. The standard InChI is InChI=1S/C30H46N2O2/c1-2-3-4-8-16-23-33-28-25-31-29(27-21-12-10-13-22-27)32-30(28)34-24-17-9-6-5-7-11-18-26-19-14-15-20-26/h10,12-13,21-22,25-26H,2-9,11,14-20,23-24H2,1H3. The number of ether oxygens (including phenoxy) is 2. The van der Waals surface area contributed by atoms with Crippen LogP contribution in [0.2, 0.25) is 0 Å². The Labute approximate surface area is 207 Å². The Morgan fingerprint density at radius 2 is 1.41 bits per heavy atom. The highest BCUT2D eigenvalue weighted by molar-refractivity contribution is 5.56. The van der Waals surface area contributed by atoms with Gasteiger partial charge >= 0.3 is 0 Å². The fourth-order valence-electron chi connectivity index (χ4n) is 4.88. The minimum absolute atomic E-state index is 0.582. The average Bonchev–Trinajstić information content (AvgIpc) is 3.40. The summed E-state index contributed by atoms with van der Waals surface area (Å²) in [6.45, 7) is 3.61. The van der Waals surface area contributed by atoms with Crippen LogP contribution >= 0.6 is 0 Å². The largest absolute Gasteiger partial charge is 0.487 e. The molecule has 1 aromatic heterocycles. The van der Waals surface area contributed by atoms with E-state index in [1.165, 1.54) is 89.9 Å². The first-order chi connectivity index (χ1) is 16.9. The van der Waals surface area contributed by atoms with E-state index in [0.717, 1.165) is 24.3 Å². The van der Waals surface area contributed by atoms with Gasteiger partial charge < -0.3 is 9.47 Å². The third-order valence-corrected chi connectivity index (χ3v) is 6.98. The van der Waals surface area contributed by atoms with Crippen LogP contribution in [0.5, 0.6) is 11.6 Å². The fraction of sp³-hybridized carbons (Fsp3) is 0.667. The molecule has 34 heavy (non-hydrogen) atoms. The van der Waals surface area contributed by atoms with Gasteiger partial charge in [0.2, 0.25) is 0 Å². The van der Waals surface area contributed by atoms with Crippen molar-refractivity contribution >= 4 is 0 Å². The predicted molar refractivity (Wildman–Crippen MR) is 141 cm³/mol. The molecule has 4 nitrogen and oxygen atoms in total. The molecule has 0 aliphatic heterocycles. The van der Waals surface area contributed by atoms with E-state index in [1.807, 2.05) is 30.3 Å². The highest BCUT2D eigenvalue weighted by Gasteiger charge is 2.14. The molecule has 0 atom stereocenters. The fourth-order valence-corrected chi connectivity index (χ4v) is 4.88. The van der Waals surface area contributed by atoms with Gasteiger partial charge in [-0.05, 0) is 18.8 Å². The molecule has 1 aromatic carbocycles. The van der Waals surface area contributed by atoms with Crippen molar-refractivity contribution in [2.45, 2.75) is 110 Å². The maximum atomic E-state index is 6.11. The summed E-state index contributed by atoms with van der Waals surface area (Å²) in [4.78, 5) is 9.25. The zero-order valence-electron chi connectivity index (χ0n) is 21.5. The van der Waals surface area contributed by atoms with Gasteiger partial charge in [0.25, 0.3) is 5.88 Å². The van der Waals surface area contributed by atoms with Crippen LogP contribution in [0.15, 0.2) is 36.5 Å². The molecular formula is C30H46N2O2. The summed E-state index contributed by atoms with van der Waals surface area (Å²) in [6, 6.07) is 10.1. The van der Waals surface area contributed by atoms with Crippen molar-refractivity contribution in [1.82, 2.24) is 9.97 Å². The highest BCUT2D eigenvalue weighted by atomic mass is 16.5. The number of hydrogen-bond acceptors (Lipinski definition) is 4. The third kappa shape index (κ3) is 10.0. The summed E-state index contributed by atoms with van der Waals surface area (Å²) in [5, 5.41) is 0. The summed E-state index contributed by atoms with van der Waals surface area (Å²) in [5.74, 6) is 2.98. The normalized spacial score (nSPS) is 13.9. The molecule has 1 heterocycles. The van der Waals surface area contributed by atoms with Gasteiger partial charge in [0.15, 0.2) is 11.6 Å². The van der Waals surface area contributed by atoms with Crippen molar-refractivity contribution in [2.24, 2.45) is 5.92 Å². The van der Waals surface area contributed by atoms with Crippen LogP contribution in [0.4, 0.5) is 0 Å². The molecule has 0 N–H and O–H groups in total. The molecule has 1 aliphatic rings. The van der Waals surface area contributed by atoms with Crippen molar-refractivity contribution in [3.63, 3.8) is 0 Å². The van der Waals surface area contributed by atoms with E-state index in [2.05, 4.69) is 11.9 Å². The molecule has 1 aliphatic carbocycles. The van der Waals surface area contributed by atoms with Crippen LogP contribution in [0.1, 0.15) is 110 Å². The van der Waals surface area contributed by atoms with Crippen LogP contribution in [0.3, 0.4) is 0 Å². The van der Waals surface area contributed by atoms with Crippen LogP contribution in [-0.2, 0) is 0 Å². The number of unbranched alkanes of at least 4 members (excludes halogenated alkanes) is 9. The second kappa shape index (κ2) is 16.5. The second-order valence-electron chi connectivity index (χ2n) is 9.90. The molecule has 0 radical (unpaired) electrons. The van der Waals surface area contributed by atoms with Crippen LogP contribution in [0.25, 0.3) is 11.4 Å². The Bertz CT molecular complexity index is 775. The zero-order valence-corrected chi connectivity index (χ0v) is 21.5. The number of benzene rings is 1. The lowest BCUT2D eigenvalue weighted by atomic mass is 9.99. The third-order valence-electron chi connectivity index (χ3n) is 6.98. The first-order valence-corrected chi connectivity index (χ1v) is 14.0. The molecule has 0 amide bonds. The molecule has 0 unspecified atom stereocenters. The van der Waals surface area contributed by atoms with Gasteiger partial charge in [0.1, 0.15) is 0 Å². The van der Waals surface area contributed by atoms with Crippen molar-refractivity contribution in [3.8, 4) is 23.0 Å². The van der Waals surface area contributed by atoms with Crippen LogP contribution in [0, 0.1) is 5.92 Å². The van der Waals surface area contributed by atoms with E-state index in [1.54, 1.807) is 6.20 Å². The summed E-state index contributed by atoms with van der Waals surface area (Å²) in [5.41, 5.74) is 0.996. The van der Waals surface area contributed by atoms with Gasteiger partial charge in [-0.2, -0.15) is 4.98 Å². The summed E-state index contributed by atoms with van der Waals surface area (Å²) >= 11 is 0. The lowest BCUT2D eigenvalue weighted by Gasteiger charge is -2.13. The van der Waals surface area contributed by atoms with Crippen LogP contribution in [-0.4, -0.2) is 23.2 Å². The summed E-state index contributed by atoms with van der Waals surface area (Å²) in [7, 11) is 0. The lowest BCUT2D eigenvalue weighted by Crippen LogP contribution is -2.06. The van der Waals surface area contributed by atoms with Crippen molar-refractivity contribution in [2.75, 3.05) is 13.2 Å². The van der Waals surface area contributed by atoms with E-state index in [0.29, 0.717) is 30.7 Å². The molecule has 188 valence electrons. The smallest absolute Gasteiger partial charge is 0.260 e. The topological polar surface area (TPSA) is 44.2 Å². The maximum absolute atomic E-state index is 6.11. The molecule has 2 aromatic rings. The first kappa shape index (κ1) is 26.5. The Hall–Kier alpha value is -2.10. The SMILES string of the molecule is CCCCCCCOc1cnc(-c2ccccc2)nc1OCCCCCCCCC1CCCC1. The lowest BCUT2D eigenvalue weighted by molar-refractivity contribution is 0.249. The minimum Gasteiger partial charge on any atom is -0.487 e. The molecule has 4 heteroatoms. The Morgan fingerprint density at radius 1 is 0.765 bits per heavy atom. The molecular weight excluding hydrogens is 420 g/mol. The van der Waals surface area contributed by atoms with Crippen molar-refractivity contribution in [3.05, 3.63) is 36.5 Å². The highest BCUT2D eigenvalue weighted by Crippen LogP contribution is 2.30. The van der Waals surface area contributed by atoms with E-state index in [4.69, 9.17) is 14.5 Å². The summed E-state index contributed by atoms with van der Waals surface area (Å²) in [6.07, 6.45) is 23.0. The predicted octanol–water partition coefficient (Wildman–Crippen LogP) is 8.79. The Morgan fingerprint density at radius 3 is 2.15 bits per heavy atom. The molecule has 0 spiro atoms. The van der Waals surface area contributed by atoms with Crippen molar-refractivity contribution in [1.29, 1.82) is 0 Å². The molecule has 3 rings (SSSR count). The molecule has 0 saturated heterocycles. The maximum Gasteiger partial charge on any atom is 0.260 e. The number of rotatable bonds is 18. The van der Waals surface area contributed by atoms with Crippen LogP contribution < -0.4 is 9.47 Å². The number of nitrogens with zero attached hydrogens (tertiary/aromatic N) is 2. The zero-order chi connectivity index (χ0) is 23.7. The van der Waals surface area contributed by atoms with Gasteiger partial charge in [0, 0.05) is 5.56 Å². The summed E-state index contributed by atoms with van der Waals surface area (Å²) < 4.78 is 12.1.